The number of ether oxygens (including phenoxy) is 2. The van der Waals surface area contributed by atoms with Gasteiger partial charge in [-0.25, -0.2) is 14.8 Å². The van der Waals surface area contributed by atoms with Crippen LogP contribution in [0.1, 0.15) is 16.8 Å². The van der Waals surface area contributed by atoms with Gasteiger partial charge in [0.1, 0.15) is 33.8 Å². The molecule has 0 amide bonds. The lowest BCUT2D eigenvalue weighted by Crippen LogP contribution is -2.05. The first-order valence-electron chi connectivity index (χ1n) is 20.1. The second-order valence-electron chi connectivity index (χ2n) is 14.8. The summed E-state index contributed by atoms with van der Waals surface area (Å²) in [4.78, 5) is 32.1. The van der Waals surface area contributed by atoms with Crippen LogP contribution in [0.4, 0.5) is 39.8 Å². The predicted molar refractivity (Wildman–Crippen MR) is 258 cm³/mol. The van der Waals surface area contributed by atoms with Gasteiger partial charge in [-0.1, -0.05) is 23.2 Å². The minimum atomic E-state index is -5.06. The summed E-state index contributed by atoms with van der Waals surface area (Å²) in [5, 5.41) is 76.4. The number of carboxylic acids is 3. The van der Waals surface area contributed by atoms with Crippen LogP contribution in [0.5, 0.6) is 17.2 Å². The van der Waals surface area contributed by atoms with Gasteiger partial charge in [-0.3, -0.25) is 18.5 Å². The molecule has 32 heteroatoms. The number of anilines is 1. The summed E-state index contributed by atoms with van der Waals surface area (Å²) in [5.74, 6) is -4.35. The van der Waals surface area contributed by atoms with Crippen LogP contribution in [0.2, 0.25) is 0 Å². The van der Waals surface area contributed by atoms with Gasteiger partial charge in [-0.05, 0) is 66.0 Å². The van der Waals surface area contributed by atoms with Crippen molar-refractivity contribution in [3.05, 3.63) is 96.6 Å². The van der Waals surface area contributed by atoms with Crippen molar-refractivity contribution in [2.24, 2.45) is 30.7 Å². The van der Waals surface area contributed by atoms with Crippen molar-refractivity contribution in [3.8, 4) is 29.3 Å². The van der Waals surface area contributed by atoms with Crippen LogP contribution in [0.3, 0.4) is 0 Å². The fourth-order valence-corrected chi connectivity index (χ4v) is 8.93. The maximum absolute atomic E-state index is 12.6. The molecule has 0 aliphatic rings. The highest BCUT2D eigenvalue weighted by Crippen LogP contribution is 2.49. The molecule has 0 unspecified atom stereocenters. The lowest BCUT2D eigenvalue weighted by Gasteiger charge is -2.14. The molecular weight excluding hydrogens is 1080 g/mol. The van der Waals surface area contributed by atoms with E-state index >= 15 is 0 Å². The van der Waals surface area contributed by atoms with Crippen molar-refractivity contribution < 1.29 is 97.8 Å². The van der Waals surface area contributed by atoms with Crippen molar-refractivity contribution in [1.29, 1.82) is 0 Å². The summed E-state index contributed by atoms with van der Waals surface area (Å²) in [6.45, 7) is -0.551. The van der Waals surface area contributed by atoms with Crippen molar-refractivity contribution in [1.82, 2.24) is 0 Å². The van der Waals surface area contributed by atoms with Crippen LogP contribution < -0.4 is 15.2 Å². The van der Waals surface area contributed by atoms with E-state index in [2.05, 4.69) is 40.1 Å². The smallest absolute Gasteiger partial charge is 0.385 e. The Bertz CT molecular complexity index is 4070. The standard InChI is InChI=1S/C43H29N7O21S4/c44-30-17-27-21(14-36(30)75(65,66)67)13-35(72-71-70-58)41(42(27)55)50-49-40-29-16-24(74(62,63)64)5-7-26(29)32(19-34(40)69-11-9-38(53)54)47-48-39-28-15-23(73(59,60)61)4-6-25(28)31(18-33(39)68-10-8-37(51)52)46-45-22-3-1-2-20(12-22)43(56)57/h1-7,12-19,55,58H,8,10,44H2,(H,51,52)(H,53,54)(H,56,57)(H,59,60,61)(H,62,63,64)(H,65,66,67). The lowest BCUT2D eigenvalue weighted by atomic mass is 10.1. The molecule has 0 saturated heterocycles. The quantitative estimate of drug-likeness (QED) is 0.00736. The molecule has 75 heavy (non-hydrogen) atoms. The monoisotopic (exact) mass is 1110 g/mol. The van der Waals surface area contributed by atoms with Crippen LogP contribution in [0.25, 0.3) is 32.3 Å². The fraction of sp³-hybridized carbons (Fsp3) is 0.0465. The molecule has 0 atom stereocenters. The number of hydrogen-bond donors (Lipinski definition) is 9. The molecule has 0 heterocycles. The highest BCUT2D eigenvalue weighted by Gasteiger charge is 2.24. The maximum atomic E-state index is 12.6. The first-order chi connectivity index (χ1) is 35.3. The predicted octanol–water partition coefficient (Wildman–Crippen LogP) is 8.82. The Balaban J connectivity index is 1.50. The van der Waals surface area contributed by atoms with Gasteiger partial charge in [0.05, 0.1) is 74.0 Å². The van der Waals surface area contributed by atoms with Gasteiger partial charge in [0, 0.05) is 39.1 Å². The SMILES string of the molecule is Nc1cc2c(O)c(N=Nc3c(OC#CC(=O)O)cc(N=Nc4c(OCCC(=O)O)cc(N=Nc5cccc(C(=O)O)c5)c5ccc(S(=O)(=O)O)cc45)c4ccc(S(=O)(=O)O)cc34)c(SOOO)cc2cc1S(=O)(=O)O. The zero-order valence-corrected chi connectivity index (χ0v) is 40.1. The second kappa shape index (κ2) is 21.8. The summed E-state index contributed by atoms with van der Waals surface area (Å²) in [6, 6.07) is 16.3. The molecule has 7 aromatic rings. The average Bonchev–Trinajstić information content (AvgIpc) is 3.34. The first kappa shape index (κ1) is 54.0. The van der Waals surface area contributed by atoms with E-state index < -0.39 is 105 Å². The maximum Gasteiger partial charge on any atom is 0.385 e. The third-order valence-corrected chi connectivity index (χ3v) is 13.3. The summed E-state index contributed by atoms with van der Waals surface area (Å²) in [7, 11) is -14.9. The number of hydrogen-bond acceptors (Lipinski definition) is 23. The number of nitrogens with two attached hydrogens (primary N) is 1. The molecule has 386 valence electrons. The molecule has 0 aliphatic heterocycles. The number of azo groups is 3. The summed E-state index contributed by atoms with van der Waals surface area (Å²) >= 11 is 0.175. The fourth-order valence-electron chi connectivity index (χ4n) is 6.79. The van der Waals surface area contributed by atoms with Crippen LogP contribution in [0, 0.1) is 12.0 Å². The first-order valence-corrected chi connectivity index (χ1v) is 25.1. The molecular formula is C43H29N7O21S4. The Morgan fingerprint density at radius 1 is 0.640 bits per heavy atom. The molecule has 0 saturated carbocycles. The second-order valence-corrected chi connectivity index (χ2v) is 19.8. The van der Waals surface area contributed by atoms with E-state index in [-0.39, 0.29) is 83.3 Å². The number of aromatic carboxylic acids is 1. The highest BCUT2D eigenvalue weighted by atomic mass is 32.2. The molecule has 0 fully saturated rings. The number of phenolic OH excluding ortho intramolecular Hbond substituents is 1. The van der Waals surface area contributed by atoms with Crippen molar-refractivity contribution in [2.75, 3.05) is 12.3 Å². The number of rotatable bonds is 18. The van der Waals surface area contributed by atoms with E-state index in [9.17, 15) is 73.7 Å². The third-order valence-electron chi connectivity index (χ3n) is 10.0. The Morgan fingerprint density at radius 3 is 1.80 bits per heavy atom. The van der Waals surface area contributed by atoms with Gasteiger partial charge in [-0.15, -0.1) is 29.9 Å². The topological polar surface area (TPSA) is 453 Å². The zero-order valence-electron chi connectivity index (χ0n) is 36.9. The Labute approximate surface area is 423 Å². The van der Waals surface area contributed by atoms with E-state index in [1.807, 2.05) is 6.11 Å². The highest BCUT2D eigenvalue weighted by molar-refractivity contribution is 7.94. The summed E-state index contributed by atoms with van der Waals surface area (Å²) in [5.41, 5.74) is 3.33. The van der Waals surface area contributed by atoms with Crippen LogP contribution in [-0.4, -0.2) is 89.1 Å². The summed E-state index contributed by atoms with van der Waals surface area (Å²) in [6.07, 6.45) is 1.28. The van der Waals surface area contributed by atoms with Crippen molar-refractivity contribution >= 4 is 132 Å². The van der Waals surface area contributed by atoms with Gasteiger partial charge >= 0.3 is 17.9 Å². The lowest BCUT2D eigenvalue weighted by molar-refractivity contribution is -0.432. The van der Waals surface area contributed by atoms with Gasteiger partial charge in [0.2, 0.25) is 0 Å². The van der Waals surface area contributed by atoms with Crippen LogP contribution in [-0.2, 0) is 49.3 Å². The number of aliphatic carboxylic acids is 2. The number of phenols is 1. The molecule has 10 N–H and O–H groups in total. The van der Waals surface area contributed by atoms with E-state index in [1.165, 1.54) is 36.4 Å². The van der Waals surface area contributed by atoms with E-state index in [1.54, 1.807) is 5.92 Å². The van der Waals surface area contributed by atoms with E-state index in [0.29, 0.717) is 0 Å². The molecule has 0 bridgehead atoms. The van der Waals surface area contributed by atoms with Gasteiger partial charge in [0.15, 0.2) is 11.5 Å². The largest absolute Gasteiger partial charge is 0.505 e. The number of fused-ring (bicyclic) bond motifs is 3. The van der Waals surface area contributed by atoms with Gasteiger partial charge < -0.3 is 35.6 Å². The van der Waals surface area contributed by atoms with E-state index in [4.69, 9.17) is 20.5 Å². The van der Waals surface area contributed by atoms with Gasteiger partial charge in [-0.2, -0.15) is 30.4 Å². The average molecular weight is 1110 g/mol. The molecule has 7 aromatic carbocycles. The zero-order chi connectivity index (χ0) is 54.6. The van der Waals surface area contributed by atoms with Crippen molar-refractivity contribution in [3.63, 3.8) is 0 Å². The molecule has 0 spiro atoms. The van der Waals surface area contributed by atoms with Gasteiger partial charge in [0.25, 0.3) is 30.4 Å². The third kappa shape index (κ3) is 12.5. The normalized spacial score (nSPS) is 12.2. The number of nitrogen functional groups attached to an aromatic ring is 1. The summed E-state index contributed by atoms with van der Waals surface area (Å²) < 4.78 is 120. The molecule has 0 aliphatic carbocycles. The number of benzene rings is 7. The number of carbonyl (C=O) groups is 3. The Kier molecular flexibility index (Phi) is 15.7. The molecule has 7 rings (SSSR count). The number of aromatic hydroxyl groups is 1. The minimum absolute atomic E-state index is 0.0402. The molecule has 0 radical (unpaired) electrons. The van der Waals surface area contributed by atoms with E-state index in [0.717, 1.165) is 54.6 Å². The Hall–Kier alpha value is -8.75. The van der Waals surface area contributed by atoms with Crippen molar-refractivity contribution in [2.45, 2.75) is 26.0 Å². The molecule has 28 nitrogen and oxygen atoms in total. The minimum Gasteiger partial charge on any atom is -0.505 e. The Morgan fingerprint density at radius 2 is 1.23 bits per heavy atom. The molecule has 0 aromatic heterocycles. The van der Waals surface area contributed by atoms with Crippen LogP contribution in [0.15, 0.2) is 141 Å². The van der Waals surface area contributed by atoms with Crippen LogP contribution >= 0.6 is 12.0 Å². The number of carboxylic acid groups (broad SMARTS) is 3. The number of nitrogens with zero attached hydrogens (tertiary/aromatic N) is 6.